The Morgan fingerprint density at radius 3 is 2.71 bits per heavy atom. The van der Waals surface area contributed by atoms with E-state index in [1.165, 1.54) is 0 Å². The number of unbranched alkanes of at least 4 members (excludes halogenated alkanes) is 1. The second kappa shape index (κ2) is 9.87. The Kier molecular flexibility index (Phi) is 7.25. The molecule has 2 aromatic carbocycles. The zero-order chi connectivity index (χ0) is 19.9. The van der Waals surface area contributed by atoms with Crippen LogP contribution in [0, 0.1) is 4.77 Å². The summed E-state index contributed by atoms with van der Waals surface area (Å²) in [5, 5.41) is 12.7. The summed E-state index contributed by atoms with van der Waals surface area (Å²) < 4.78 is 7.94. The van der Waals surface area contributed by atoms with Crippen molar-refractivity contribution in [3.8, 4) is 5.75 Å². The van der Waals surface area contributed by atoms with Gasteiger partial charge in [-0.05, 0) is 60.6 Å². The number of ether oxygens (including phenoxy) is 1. The van der Waals surface area contributed by atoms with Crippen LogP contribution in [0.1, 0.15) is 36.7 Å². The predicted molar refractivity (Wildman–Crippen MR) is 116 cm³/mol. The van der Waals surface area contributed by atoms with Crippen LogP contribution >= 0.6 is 35.4 Å². The van der Waals surface area contributed by atoms with Gasteiger partial charge in [-0.15, -0.1) is 0 Å². The largest absolute Gasteiger partial charge is 0.489 e. The number of hydrogen-bond acceptors (Lipinski definition) is 4. The molecular weight excluding hydrogens is 415 g/mol. The van der Waals surface area contributed by atoms with Crippen LogP contribution in [0.25, 0.3) is 0 Å². The number of benzene rings is 2. The highest BCUT2D eigenvalue weighted by Crippen LogP contribution is 2.22. The van der Waals surface area contributed by atoms with Gasteiger partial charge in [-0.25, -0.2) is 0 Å². The van der Waals surface area contributed by atoms with Crippen LogP contribution in [0.15, 0.2) is 47.6 Å². The lowest BCUT2D eigenvalue weighted by atomic mass is 10.2. The van der Waals surface area contributed by atoms with E-state index in [-0.39, 0.29) is 0 Å². The van der Waals surface area contributed by atoms with Gasteiger partial charge in [0.1, 0.15) is 12.4 Å². The van der Waals surface area contributed by atoms with Crippen molar-refractivity contribution in [3.05, 3.63) is 74.2 Å². The molecule has 0 bridgehead atoms. The number of rotatable bonds is 8. The lowest BCUT2D eigenvalue weighted by molar-refractivity contribution is 0.306. The molecule has 1 heterocycles. The lowest BCUT2D eigenvalue weighted by Crippen LogP contribution is -1.99. The van der Waals surface area contributed by atoms with Crippen LogP contribution in [0.2, 0.25) is 10.0 Å². The van der Waals surface area contributed by atoms with Crippen molar-refractivity contribution in [2.75, 3.05) is 0 Å². The molecule has 0 unspecified atom stereocenters. The smallest absolute Gasteiger partial charge is 0.216 e. The minimum absolute atomic E-state index is 0.369. The highest BCUT2D eigenvalue weighted by Gasteiger charge is 2.05. The molecule has 0 saturated carbocycles. The third-order valence-corrected chi connectivity index (χ3v) is 4.93. The fourth-order valence-corrected chi connectivity index (χ4v) is 3.18. The van der Waals surface area contributed by atoms with E-state index in [1.807, 2.05) is 30.3 Å². The molecule has 146 valence electrons. The third kappa shape index (κ3) is 5.44. The number of halogens is 2. The molecule has 3 rings (SSSR count). The minimum Gasteiger partial charge on any atom is -0.489 e. The topological polar surface area (TPSA) is 55.2 Å². The number of H-pyrrole nitrogens is 1. The van der Waals surface area contributed by atoms with Crippen LogP contribution in [-0.4, -0.2) is 21.1 Å². The van der Waals surface area contributed by atoms with Crippen molar-refractivity contribution in [1.82, 2.24) is 14.9 Å². The maximum absolute atomic E-state index is 6.17. The summed E-state index contributed by atoms with van der Waals surface area (Å²) in [7, 11) is 0. The number of hydrogen-bond donors (Lipinski definition) is 1. The van der Waals surface area contributed by atoms with Gasteiger partial charge in [-0.1, -0.05) is 42.6 Å². The maximum Gasteiger partial charge on any atom is 0.216 e. The number of aromatic nitrogens is 3. The fraction of sp³-hybridized carbons (Fsp3) is 0.250. The normalized spacial score (nSPS) is 11.2. The standard InChI is InChI=1S/C20H20Cl2N4OS/c1-2-3-4-19-24-25-20(28)26(19)23-12-14-5-9-17(10-6-14)27-13-15-7-8-16(21)11-18(15)22/h5-12H,2-4,13H2,1H3,(H,25,28)/b23-12+. The van der Waals surface area contributed by atoms with Gasteiger partial charge in [0.05, 0.1) is 6.21 Å². The molecule has 3 aromatic rings. The highest BCUT2D eigenvalue weighted by atomic mass is 35.5. The van der Waals surface area contributed by atoms with Gasteiger partial charge in [0.25, 0.3) is 0 Å². The number of nitrogens with one attached hydrogen (secondary N) is 1. The second-order valence-electron chi connectivity index (χ2n) is 6.20. The number of nitrogens with zero attached hydrogens (tertiary/aromatic N) is 3. The first kappa shape index (κ1) is 20.6. The Balaban J connectivity index is 1.64. The monoisotopic (exact) mass is 434 g/mol. The molecule has 0 radical (unpaired) electrons. The molecule has 1 N–H and O–H groups in total. The van der Waals surface area contributed by atoms with E-state index in [0.29, 0.717) is 21.4 Å². The predicted octanol–water partition coefficient (Wildman–Crippen LogP) is 6.05. The highest BCUT2D eigenvalue weighted by molar-refractivity contribution is 7.71. The Bertz CT molecular complexity index is 1010. The van der Waals surface area contributed by atoms with Crippen molar-refractivity contribution in [1.29, 1.82) is 0 Å². The molecule has 5 nitrogen and oxygen atoms in total. The number of aryl methyl sites for hydroxylation is 1. The fourth-order valence-electron chi connectivity index (χ4n) is 2.51. The van der Waals surface area contributed by atoms with Gasteiger partial charge in [0.2, 0.25) is 4.77 Å². The molecule has 28 heavy (non-hydrogen) atoms. The molecule has 1 aromatic heterocycles. The van der Waals surface area contributed by atoms with E-state index in [9.17, 15) is 0 Å². The van der Waals surface area contributed by atoms with Crippen molar-refractivity contribution < 1.29 is 4.74 Å². The molecule has 0 fully saturated rings. The Morgan fingerprint density at radius 2 is 2.00 bits per heavy atom. The van der Waals surface area contributed by atoms with E-state index < -0.39 is 0 Å². The van der Waals surface area contributed by atoms with Gasteiger partial charge in [-0.2, -0.15) is 14.9 Å². The molecular formula is C20H20Cl2N4OS. The number of aromatic amines is 1. The van der Waals surface area contributed by atoms with Gasteiger partial charge in [0, 0.05) is 22.0 Å². The van der Waals surface area contributed by atoms with Gasteiger partial charge in [-0.3, -0.25) is 5.10 Å². The third-order valence-electron chi connectivity index (χ3n) is 4.08. The van der Waals surface area contributed by atoms with Crippen LogP contribution in [0.5, 0.6) is 5.75 Å². The molecule has 0 atom stereocenters. The van der Waals surface area contributed by atoms with Crippen LogP contribution in [0.3, 0.4) is 0 Å². The first-order chi connectivity index (χ1) is 13.6. The zero-order valence-electron chi connectivity index (χ0n) is 15.4. The SMILES string of the molecule is CCCCc1n[nH]c(=S)n1/N=C/c1ccc(OCc2ccc(Cl)cc2Cl)cc1. The second-order valence-corrected chi connectivity index (χ2v) is 7.43. The van der Waals surface area contributed by atoms with E-state index in [4.69, 9.17) is 40.2 Å². The summed E-state index contributed by atoms with van der Waals surface area (Å²) in [6, 6.07) is 13.0. The minimum atomic E-state index is 0.369. The maximum atomic E-state index is 6.17. The van der Waals surface area contributed by atoms with Crippen molar-refractivity contribution >= 4 is 41.6 Å². The average molecular weight is 435 g/mol. The van der Waals surface area contributed by atoms with Gasteiger partial charge < -0.3 is 4.74 Å². The molecule has 0 saturated heterocycles. The molecule has 0 spiro atoms. The van der Waals surface area contributed by atoms with Crippen molar-refractivity contribution in [2.24, 2.45) is 5.10 Å². The van der Waals surface area contributed by atoms with E-state index >= 15 is 0 Å². The Hall–Kier alpha value is -2.15. The van der Waals surface area contributed by atoms with Crippen LogP contribution in [-0.2, 0) is 13.0 Å². The lowest BCUT2D eigenvalue weighted by Gasteiger charge is -2.08. The first-order valence-corrected chi connectivity index (χ1v) is 10.1. The summed E-state index contributed by atoms with van der Waals surface area (Å²) in [5.41, 5.74) is 1.81. The van der Waals surface area contributed by atoms with E-state index in [2.05, 4.69) is 22.2 Å². The average Bonchev–Trinajstić information content (AvgIpc) is 3.04. The summed E-state index contributed by atoms with van der Waals surface area (Å²) >= 11 is 17.3. The Morgan fingerprint density at radius 1 is 1.21 bits per heavy atom. The molecule has 0 amide bonds. The summed E-state index contributed by atoms with van der Waals surface area (Å²) in [6.45, 7) is 2.51. The quantitative estimate of drug-likeness (QED) is 0.346. The van der Waals surface area contributed by atoms with Gasteiger partial charge in [0.15, 0.2) is 5.82 Å². The zero-order valence-corrected chi connectivity index (χ0v) is 17.7. The Labute approximate surface area is 179 Å². The van der Waals surface area contributed by atoms with Crippen molar-refractivity contribution in [3.63, 3.8) is 0 Å². The first-order valence-electron chi connectivity index (χ1n) is 8.94. The molecule has 0 aliphatic rings. The van der Waals surface area contributed by atoms with E-state index in [1.54, 1.807) is 23.0 Å². The molecule has 0 aliphatic heterocycles. The van der Waals surface area contributed by atoms with Gasteiger partial charge >= 0.3 is 0 Å². The van der Waals surface area contributed by atoms with E-state index in [0.717, 1.165) is 42.0 Å². The summed E-state index contributed by atoms with van der Waals surface area (Å²) in [6.07, 6.45) is 4.71. The van der Waals surface area contributed by atoms with Crippen LogP contribution < -0.4 is 4.74 Å². The summed E-state index contributed by atoms with van der Waals surface area (Å²) in [4.78, 5) is 0. The molecule has 0 aliphatic carbocycles. The molecule has 8 heteroatoms. The summed E-state index contributed by atoms with van der Waals surface area (Å²) in [5.74, 6) is 1.58. The van der Waals surface area contributed by atoms with Crippen molar-refractivity contribution in [2.45, 2.75) is 32.8 Å². The van der Waals surface area contributed by atoms with Crippen LogP contribution in [0.4, 0.5) is 0 Å².